The fourth-order valence-electron chi connectivity index (χ4n) is 3.10. The maximum atomic E-state index is 5.52. The molecular weight excluding hydrogens is 236 g/mol. The van der Waals surface area contributed by atoms with E-state index in [0.717, 1.165) is 26.3 Å². The van der Waals surface area contributed by atoms with Crippen LogP contribution in [0.3, 0.4) is 0 Å². The predicted molar refractivity (Wildman–Crippen MR) is 77.3 cm³/mol. The lowest BCUT2D eigenvalue weighted by atomic mass is 10.0. The zero-order valence-electron chi connectivity index (χ0n) is 11.6. The topological polar surface area (TPSA) is 24.5 Å². The molecule has 0 radical (unpaired) electrons. The van der Waals surface area contributed by atoms with Crippen molar-refractivity contribution in [1.82, 2.24) is 10.2 Å². The quantitative estimate of drug-likeness (QED) is 0.897. The zero-order valence-corrected chi connectivity index (χ0v) is 11.6. The highest BCUT2D eigenvalue weighted by Crippen LogP contribution is 2.18. The van der Waals surface area contributed by atoms with Gasteiger partial charge in [0.25, 0.3) is 0 Å². The number of benzene rings is 1. The Bertz CT molecular complexity index is 401. The van der Waals surface area contributed by atoms with Crippen molar-refractivity contribution in [1.29, 1.82) is 0 Å². The van der Waals surface area contributed by atoms with Crippen LogP contribution in [-0.4, -0.2) is 43.8 Å². The molecule has 3 heteroatoms. The summed E-state index contributed by atoms with van der Waals surface area (Å²) >= 11 is 0. The average molecular weight is 260 g/mol. The van der Waals surface area contributed by atoms with Gasteiger partial charge in [-0.15, -0.1) is 0 Å². The van der Waals surface area contributed by atoms with Crippen molar-refractivity contribution in [2.24, 2.45) is 0 Å². The van der Waals surface area contributed by atoms with Gasteiger partial charge in [-0.2, -0.15) is 0 Å². The molecule has 1 unspecified atom stereocenters. The van der Waals surface area contributed by atoms with Crippen LogP contribution in [0.2, 0.25) is 0 Å². The number of hydrogen-bond donors (Lipinski definition) is 1. The van der Waals surface area contributed by atoms with Gasteiger partial charge in [-0.1, -0.05) is 24.3 Å². The van der Waals surface area contributed by atoms with Crippen LogP contribution in [-0.2, 0) is 17.7 Å². The van der Waals surface area contributed by atoms with Gasteiger partial charge in [-0.3, -0.25) is 4.90 Å². The van der Waals surface area contributed by atoms with E-state index in [-0.39, 0.29) is 0 Å². The second-order valence-electron chi connectivity index (χ2n) is 5.66. The molecule has 2 heterocycles. The van der Waals surface area contributed by atoms with Crippen molar-refractivity contribution in [2.45, 2.75) is 31.8 Å². The van der Waals surface area contributed by atoms with Crippen molar-refractivity contribution >= 4 is 0 Å². The van der Waals surface area contributed by atoms with E-state index in [9.17, 15) is 0 Å². The molecular formula is C16H24N2O. The maximum absolute atomic E-state index is 5.52. The molecule has 104 valence electrons. The Morgan fingerprint density at radius 3 is 3.00 bits per heavy atom. The molecule has 1 aromatic carbocycles. The first-order valence-electron chi connectivity index (χ1n) is 7.52. The Balaban J connectivity index is 1.54. The predicted octanol–water partition coefficient (Wildman–Crippen LogP) is 1.81. The highest BCUT2D eigenvalue weighted by Gasteiger charge is 2.17. The Kier molecular flexibility index (Phi) is 4.49. The zero-order chi connectivity index (χ0) is 12.9. The molecule has 1 atom stereocenters. The lowest BCUT2D eigenvalue weighted by molar-refractivity contribution is 0.0696. The molecule has 3 rings (SSSR count). The van der Waals surface area contributed by atoms with Gasteiger partial charge >= 0.3 is 0 Å². The maximum Gasteiger partial charge on any atom is 0.0620 e. The number of fused-ring (bicyclic) bond motifs is 1. The first-order valence-corrected chi connectivity index (χ1v) is 7.52. The standard InChI is InChI=1S/C16H24N2O/c1-2-5-15-12-18(9-3-6-14(15)4-1)10-7-16-13-19-11-8-17-16/h1-2,4-5,16-17H,3,6-13H2. The second-order valence-corrected chi connectivity index (χ2v) is 5.66. The minimum atomic E-state index is 0.548. The highest BCUT2D eigenvalue weighted by molar-refractivity contribution is 5.27. The summed E-state index contributed by atoms with van der Waals surface area (Å²) in [6.07, 6.45) is 3.71. The molecule has 0 saturated carbocycles. The Labute approximate surface area is 115 Å². The molecule has 19 heavy (non-hydrogen) atoms. The van der Waals surface area contributed by atoms with Crippen LogP contribution < -0.4 is 5.32 Å². The van der Waals surface area contributed by atoms with Gasteiger partial charge in [-0.25, -0.2) is 0 Å². The Hall–Kier alpha value is -0.900. The van der Waals surface area contributed by atoms with E-state index in [1.165, 1.54) is 37.9 Å². The summed E-state index contributed by atoms with van der Waals surface area (Å²) in [5, 5.41) is 3.54. The fourth-order valence-corrected chi connectivity index (χ4v) is 3.10. The lowest BCUT2D eigenvalue weighted by Crippen LogP contribution is -2.43. The number of aryl methyl sites for hydroxylation is 1. The van der Waals surface area contributed by atoms with Crippen molar-refractivity contribution in [3.8, 4) is 0 Å². The number of rotatable bonds is 3. The fraction of sp³-hybridized carbons (Fsp3) is 0.625. The van der Waals surface area contributed by atoms with Gasteiger partial charge in [0.15, 0.2) is 0 Å². The van der Waals surface area contributed by atoms with Gasteiger partial charge in [0.1, 0.15) is 0 Å². The molecule has 0 amide bonds. The van der Waals surface area contributed by atoms with Crippen LogP contribution >= 0.6 is 0 Å². The normalized spacial score (nSPS) is 24.7. The summed E-state index contributed by atoms with van der Waals surface area (Å²) in [7, 11) is 0. The van der Waals surface area contributed by atoms with E-state index in [4.69, 9.17) is 4.74 Å². The molecule has 1 N–H and O–H groups in total. The van der Waals surface area contributed by atoms with Crippen LogP contribution in [0, 0.1) is 0 Å². The smallest absolute Gasteiger partial charge is 0.0620 e. The van der Waals surface area contributed by atoms with E-state index < -0.39 is 0 Å². The number of morpholine rings is 1. The molecule has 1 fully saturated rings. The molecule has 0 bridgehead atoms. The summed E-state index contributed by atoms with van der Waals surface area (Å²) < 4.78 is 5.52. The summed E-state index contributed by atoms with van der Waals surface area (Å²) in [4.78, 5) is 2.60. The number of nitrogens with zero attached hydrogens (tertiary/aromatic N) is 1. The number of ether oxygens (including phenoxy) is 1. The molecule has 2 aliphatic rings. The van der Waals surface area contributed by atoms with Gasteiger partial charge in [0.2, 0.25) is 0 Å². The second kappa shape index (κ2) is 6.51. The summed E-state index contributed by atoms with van der Waals surface area (Å²) in [6, 6.07) is 9.45. The van der Waals surface area contributed by atoms with E-state index in [2.05, 4.69) is 34.5 Å². The third kappa shape index (κ3) is 3.56. The molecule has 3 nitrogen and oxygen atoms in total. The molecule has 1 aromatic rings. The van der Waals surface area contributed by atoms with Crippen LogP contribution in [0.5, 0.6) is 0 Å². The minimum absolute atomic E-state index is 0.548. The average Bonchev–Trinajstić information content (AvgIpc) is 2.68. The molecule has 2 aliphatic heterocycles. The first kappa shape index (κ1) is 13.1. The van der Waals surface area contributed by atoms with Crippen molar-refractivity contribution in [3.63, 3.8) is 0 Å². The minimum Gasteiger partial charge on any atom is -0.379 e. The molecule has 0 aromatic heterocycles. The van der Waals surface area contributed by atoms with Crippen molar-refractivity contribution < 1.29 is 4.74 Å². The largest absolute Gasteiger partial charge is 0.379 e. The van der Waals surface area contributed by atoms with E-state index in [0.29, 0.717) is 6.04 Å². The third-order valence-corrected chi connectivity index (χ3v) is 4.23. The number of nitrogens with one attached hydrogen (secondary N) is 1. The number of hydrogen-bond acceptors (Lipinski definition) is 3. The monoisotopic (exact) mass is 260 g/mol. The Morgan fingerprint density at radius 1 is 1.26 bits per heavy atom. The summed E-state index contributed by atoms with van der Waals surface area (Å²) in [5.74, 6) is 0. The van der Waals surface area contributed by atoms with E-state index in [1.54, 1.807) is 5.56 Å². The van der Waals surface area contributed by atoms with Gasteiger partial charge in [0, 0.05) is 25.7 Å². The summed E-state index contributed by atoms with van der Waals surface area (Å²) in [5.41, 5.74) is 3.07. The van der Waals surface area contributed by atoms with Crippen LogP contribution in [0.25, 0.3) is 0 Å². The lowest BCUT2D eigenvalue weighted by Gasteiger charge is -2.27. The van der Waals surface area contributed by atoms with Crippen LogP contribution in [0.15, 0.2) is 24.3 Å². The van der Waals surface area contributed by atoms with Gasteiger partial charge < -0.3 is 10.1 Å². The SMILES string of the molecule is c1ccc2c(c1)CCCN(CCC1COCCN1)C2. The van der Waals surface area contributed by atoms with E-state index >= 15 is 0 Å². The molecule has 1 saturated heterocycles. The van der Waals surface area contributed by atoms with Crippen LogP contribution in [0.4, 0.5) is 0 Å². The van der Waals surface area contributed by atoms with E-state index in [1.807, 2.05) is 0 Å². The first-order chi connectivity index (χ1) is 9.42. The Morgan fingerprint density at radius 2 is 2.16 bits per heavy atom. The van der Waals surface area contributed by atoms with Crippen LogP contribution in [0.1, 0.15) is 24.0 Å². The molecule has 0 aliphatic carbocycles. The third-order valence-electron chi connectivity index (χ3n) is 4.23. The highest BCUT2D eigenvalue weighted by atomic mass is 16.5. The van der Waals surface area contributed by atoms with Crippen molar-refractivity contribution in [3.05, 3.63) is 35.4 Å². The summed E-state index contributed by atoms with van der Waals surface area (Å²) in [6.45, 7) is 6.27. The van der Waals surface area contributed by atoms with Gasteiger partial charge in [-0.05, 0) is 36.9 Å². The van der Waals surface area contributed by atoms with Gasteiger partial charge in [0.05, 0.1) is 13.2 Å². The van der Waals surface area contributed by atoms with Crippen molar-refractivity contribution in [2.75, 3.05) is 32.8 Å². The molecule has 0 spiro atoms.